The Labute approximate surface area is 158 Å². The number of ether oxygens (including phenoxy) is 1. The maximum Gasteiger partial charge on any atom is 0.257 e. The zero-order chi connectivity index (χ0) is 18.1. The second-order valence-electron chi connectivity index (χ2n) is 5.65. The minimum Gasteiger partial charge on any atom is -0.377 e. The highest BCUT2D eigenvalue weighted by Gasteiger charge is 2.32. The summed E-state index contributed by atoms with van der Waals surface area (Å²) in [5, 5.41) is 9.04. The smallest absolute Gasteiger partial charge is 0.257 e. The second-order valence-corrected chi connectivity index (χ2v) is 6.49. The quantitative estimate of drug-likeness (QED) is 0.679. The van der Waals surface area contributed by atoms with Crippen molar-refractivity contribution in [1.82, 2.24) is 24.8 Å². The molecule has 1 atom stereocenters. The molecule has 0 aliphatic carbocycles. The molecule has 8 nitrogen and oxygen atoms in total. The summed E-state index contributed by atoms with van der Waals surface area (Å²) >= 11 is 12.1. The first-order valence-corrected chi connectivity index (χ1v) is 8.54. The van der Waals surface area contributed by atoms with Crippen molar-refractivity contribution in [3.63, 3.8) is 0 Å². The molecule has 3 aromatic rings. The molecule has 10 heteroatoms. The Balaban J connectivity index is 1.61. The van der Waals surface area contributed by atoms with Crippen LogP contribution in [-0.4, -0.2) is 50.5 Å². The van der Waals surface area contributed by atoms with Crippen molar-refractivity contribution in [1.29, 1.82) is 0 Å². The van der Waals surface area contributed by atoms with E-state index in [2.05, 4.69) is 15.2 Å². The first-order valence-electron chi connectivity index (χ1n) is 7.78. The van der Waals surface area contributed by atoms with E-state index in [1.165, 1.54) is 17.3 Å². The van der Waals surface area contributed by atoms with E-state index in [9.17, 15) is 4.79 Å². The lowest BCUT2D eigenvalue weighted by Crippen LogP contribution is -2.43. The van der Waals surface area contributed by atoms with Gasteiger partial charge in [-0.25, -0.2) is 4.68 Å². The molecule has 1 fully saturated rings. The normalized spacial score (nSPS) is 17.5. The van der Waals surface area contributed by atoms with Crippen molar-refractivity contribution in [3.8, 4) is 5.69 Å². The van der Waals surface area contributed by atoms with Crippen LogP contribution >= 0.6 is 23.2 Å². The molecule has 0 spiro atoms. The Bertz CT molecular complexity index is 928. The largest absolute Gasteiger partial charge is 0.377 e. The number of carbonyl (C=O) groups excluding carboxylic acids is 1. The van der Waals surface area contributed by atoms with Crippen LogP contribution in [0.25, 0.3) is 5.69 Å². The Morgan fingerprint density at radius 3 is 2.96 bits per heavy atom. The molecule has 2 aromatic heterocycles. The summed E-state index contributed by atoms with van der Waals surface area (Å²) in [6.45, 7) is 1.17. The maximum absolute atomic E-state index is 13.0. The molecule has 134 valence electrons. The third-order valence-electron chi connectivity index (χ3n) is 4.05. The number of nitrogens with zero attached hydrogens (tertiary/aromatic N) is 5. The minimum absolute atomic E-state index is 0.195. The summed E-state index contributed by atoms with van der Waals surface area (Å²) in [6, 6.07) is 4.66. The lowest BCUT2D eigenvalue weighted by molar-refractivity contribution is -0.00577. The monoisotopic (exact) mass is 393 g/mol. The van der Waals surface area contributed by atoms with Crippen LogP contribution in [0.4, 0.5) is 0 Å². The van der Waals surface area contributed by atoms with Crippen molar-refractivity contribution in [3.05, 3.63) is 58.4 Å². The van der Waals surface area contributed by atoms with Crippen molar-refractivity contribution >= 4 is 29.1 Å². The molecule has 26 heavy (non-hydrogen) atoms. The fourth-order valence-corrected chi connectivity index (χ4v) is 3.28. The van der Waals surface area contributed by atoms with Crippen LogP contribution in [-0.2, 0) is 4.74 Å². The van der Waals surface area contributed by atoms with Crippen molar-refractivity contribution in [2.75, 3.05) is 19.8 Å². The number of amides is 1. The Kier molecular flexibility index (Phi) is 4.62. The van der Waals surface area contributed by atoms with Gasteiger partial charge in [0.15, 0.2) is 5.82 Å². The van der Waals surface area contributed by atoms with Crippen LogP contribution in [0.1, 0.15) is 22.2 Å². The number of rotatable bonds is 3. The molecule has 0 unspecified atom stereocenters. The first kappa shape index (κ1) is 17.0. The molecule has 1 amide bonds. The van der Waals surface area contributed by atoms with Gasteiger partial charge in [0.2, 0.25) is 6.39 Å². The predicted molar refractivity (Wildman–Crippen MR) is 92.5 cm³/mol. The SMILES string of the molecule is O=C(c1cnn(-c2ccc(Cl)cc2Cl)c1)N1CCOC[C@@H]1c1ncon1. The molecular formula is C16H13Cl2N5O3. The highest BCUT2D eigenvalue weighted by Crippen LogP contribution is 2.26. The Hall–Kier alpha value is -2.42. The molecule has 3 heterocycles. The average Bonchev–Trinajstić information content (AvgIpc) is 3.33. The molecule has 0 saturated carbocycles. The van der Waals surface area contributed by atoms with Gasteiger partial charge < -0.3 is 14.2 Å². The van der Waals surface area contributed by atoms with E-state index < -0.39 is 6.04 Å². The van der Waals surface area contributed by atoms with E-state index >= 15 is 0 Å². The van der Waals surface area contributed by atoms with Crippen LogP contribution in [0.3, 0.4) is 0 Å². The number of hydrogen-bond acceptors (Lipinski definition) is 6. The van der Waals surface area contributed by atoms with Gasteiger partial charge in [-0.05, 0) is 18.2 Å². The van der Waals surface area contributed by atoms with Crippen LogP contribution in [0.15, 0.2) is 41.5 Å². The fourth-order valence-electron chi connectivity index (χ4n) is 2.78. The van der Waals surface area contributed by atoms with Gasteiger partial charge in [0.1, 0.15) is 6.04 Å². The van der Waals surface area contributed by atoms with Gasteiger partial charge in [-0.1, -0.05) is 28.4 Å². The molecule has 0 radical (unpaired) electrons. The van der Waals surface area contributed by atoms with Gasteiger partial charge in [0.05, 0.1) is 35.7 Å². The maximum atomic E-state index is 13.0. The Morgan fingerprint density at radius 2 is 2.19 bits per heavy atom. The number of aromatic nitrogens is 4. The highest BCUT2D eigenvalue weighted by molar-refractivity contribution is 6.35. The number of carbonyl (C=O) groups is 1. The lowest BCUT2D eigenvalue weighted by atomic mass is 10.2. The van der Waals surface area contributed by atoms with Gasteiger partial charge in [0, 0.05) is 17.8 Å². The fraction of sp³-hybridized carbons (Fsp3) is 0.250. The highest BCUT2D eigenvalue weighted by atomic mass is 35.5. The van der Waals surface area contributed by atoms with Gasteiger partial charge in [-0.15, -0.1) is 0 Å². The molecule has 1 aliphatic rings. The van der Waals surface area contributed by atoms with E-state index in [0.717, 1.165) is 0 Å². The van der Waals surface area contributed by atoms with E-state index in [-0.39, 0.29) is 5.91 Å². The zero-order valence-electron chi connectivity index (χ0n) is 13.4. The Morgan fingerprint density at radius 1 is 1.31 bits per heavy atom. The van der Waals surface area contributed by atoms with Crippen molar-refractivity contribution < 1.29 is 14.1 Å². The van der Waals surface area contributed by atoms with Crippen LogP contribution in [0.5, 0.6) is 0 Å². The first-order chi connectivity index (χ1) is 12.6. The molecular weight excluding hydrogens is 381 g/mol. The van der Waals surface area contributed by atoms with Crippen molar-refractivity contribution in [2.24, 2.45) is 0 Å². The third-order valence-corrected chi connectivity index (χ3v) is 4.59. The molecule has 1 aromatic carbocycles. The summed E-state index contributed by atoms with van der Waals surface area (Å²) in [4.78, 5) is 18.7. The van der Waals surface area contributed by atoms with E-state index in [0.29, 0.717) is 46.9 Å². The summed E-state index contributed by atoms with van der Waals surface area (Å²) in [5.41, 5.74) is 1.05. The van der Waals surface area contributed by atoms with Crippen LogP contribution in [0.2, 0.25) is 10.0 Å². The summed E-state index contributed by atoms with van der Waals surface area (Å²) in [7, 11) is 0. The summed E-state index contributed by atoms with van der Waals surface area (Å²) in [5.74, 6) is 0.214. The molecule has 0 bridgehead atoms. The zero-order valence-corrected chi connectivity index (χ0v) is 14.9. The van der Waals surface area contributed by atoms with Crippen LogP contribution in [0, 0.1) is 0 Å². The van der Waals surface area contributed by atoms with E-state index in [1.54, 1.807) is 29.3 Å². The van der Waals surface area contributed by atoms with Gasteiger partial charge >= 0.3 is 0 Å². The molecule has 1 saturated heterocycles. The standard InChI is InChI=1S/C16H13Cl2N5O3/c17-11-1-2-13(12(18)5-11)23-7-10(6-20-23)16(24)22-3-4-25-8-14(22)15-19-9-26-21-15/h1-2,5-7,9,14H,3-4,8H2/t14-/m1/s1. The number of benzene rings is 1. The lowest BCUT2D eigenvalue weighted by Gasteiger charge is -2.33. The number of morpholine rings is 1. The topological polar surface area (TPSA) is 86.3 Å². The molecule has 0 N–H and O–H groups in total. The van der Waals surface area contributed by atoms with E-state index in [4.69, 9.17) is 32.5 Å². The number of hydrogen-bond donors (Lipinski definition) is 0. The van der Waals surface area contributed by atoms with Gasteiger partial charge in [-0.3, -0.25) is 4.79 Å². The van der Waals surface area contributed by atoms with Gasteiger partial charge in [-0.2, -0.15) is 10.1 Å². The average molecular weight is 394 g/mol. The minimum atomic E-state index is -0.405. The van der Waals surface area contributed by atoms with Crippen LogP contribution < -0.4 is 0 Å². The van der Waals surface area contributed by atoms with Gasteiger partial charge in [0.25, 0.3) is 5.91 Å². The number of halogens is 2. The summed E-state index contributed by atoms with van der Waals surface area (Å²) in [6.07, 6.45) is 4.35. The molecule has 4 rings (SSSR count). The van der Waals surface area contributed by atoms with Crippen molar-refractivity contribution in [2.45, 2.75) is 6.04 Å². The predicted octanol–water partition coefficient (Wildman–Crippen LogP) is 2.78. The second kappa shape index (κ2) is 7.06. The van der Waals surface area contributed by atoms with E-state index in [1.807, 2.05) is 0 Å². The molecule has 1 aliphatic heterocycles. The third kappa shape index (κ3) is 3.18. The summed E-state index contributed by atoms with van der Waals surface area (Å²) < 4.78 is 11.8.